The van der Waals surface area contributed by atoms with Crippen LogP contribution in [0.1, 0.15) is 20.9 Å². The van der Waals surface area contributed by atoms with Gasteiger partial charge >= 0.3 is 0 Å². The lowest BCUT2D eigenvalue weighted by atomic mass is 10.0. The molecule has 1 aromatic carbocycles. The molecule has 0 saturated heterocycles. The van der Waals surface area contributed by atoms with Gasteiger partial charge in [0.25, 0.3) is 0 Å². The Labute approximate surface area is 118 Å². The Morgan fingerprint density at radius 3 is 2.16 bits per heavy atom. The third-order valence-electron chi connectivity index (χ3n) is 3.81. The first-order chi connectivity index (χ1) is 9.35. The van der Waals surface area contributed by atoms with Gasteiger partial charge in [-0.3, -0.25) is 4.90 Å². The Morgan fingerprint density at radius 2 is 1.58 bits per heavy atom. The van der Waals surface area contributed by atoms with Crippen molar-refractivity contribution in [3.05, 3.63) is 57.3 Å². The molecule has 0 fully saturated rings. The van der Waals surface area contributed by atoms with Crippen LogP contribution < -0.4 is 5.73 Å². The molecule has 2 aromatic rings. The summed E-state index contributed by atoms with van der Waals surface area (Å²) in [5.74, 6) is 0. The van der Waals surface area contributed by atoms with Crippen molar-refractivity contribution in [2.24, 2.45) is 5.73 Å². The molecule has 0 spiro atoms. The van der Waals surface area contributed by atoms with Crippen molar-refractivity contribution in [3.8, 4) is 0 Å². The predicted octanol–water partition coefficient (Wildman–Crippen LogP) is 2.81. The monoisotopic (exact) mass is 272 g/mol. The van der Waals surface area contributed by atoms with E-state index in [-0.39, 0.29) is 0 Å². The molecule has 1 aromatic heterocycles. The summed E-state index contributed by atoms with van der Waals surface area (Å²) in [6.07, 6.45) is 2.34. The molecule has 0 bridgehead atoms. The highest BCUT2D eigenvalue weighted by molar-refractivity contribution is 7.11. The van der Waals surface area contributed by atoms with E-state index in [4.69, 9.17) is 5.73 Å². The average molecular weight is 272 g/mol. The molecular weight excluding hydrogens is 252 g/mol. The van der Waals surface area contributed by atoms with Crippen LogP contribution in [0.2, 0.25) is 0 Å². The fraction of sp³-hybridized carbons (Fsp3) is 0.375. The second kappa shape index (κ2) is 5.87. The fourth-order valence-electron chi connectivity index (χ4n) is 2.71. The minimum atomic E-state index is 0.663. The van der Waals surface area contributed by atoms with Gasteiger partial charge in [0.05, 0.1) is 0 Å². The molecular formula is C16H20N2S. The number of hydrogen-bond acceptors (Lipinski definition) is 3. The van der Waals surface area contributed by atoms with E-state index in [1.54, 1.807) is 0 Å². The standard InChI is InChI=1S/C16H20N2S/c17-11-15-5-6-16(19-15)12-18-9-7-13-3-1-2-4-14(13)8-10-18/h1-6H,7-12,17H2. The maximum Gasteiger partial charge on any atom is 0.0328 e. The summed E-state index contributed by atoms with van der Waals surface area (Å²) in [6.45, 7) is 4.05. The maximum atomic E-state index is 5.68. The molecule has 0 aliphatic carbocycles. The first-order valence-corrected chi connectivity index (χ1v) is 7.73. The summed E-state index contributed by atoms with van der Waals surface area (Å²) in [5.41, 5.74) is 8.73. The molecule has 19 heavy (non-hydrogen) atoms. The van der Waals surface area contributed by atoms with E-state index in [0.717, 1.165) is 19.6 Å². The minimum absolute atomic E-state index is 0.663. The van der Waals surface area contributed by atoms with E-state index in [1.807, 2.05) is 11.3 Å². The number of fused-ring (bicyclic) bond motifs is 1. The Morgan fingerprint density at radius 1 is 0.947 bits per heavy atom. The van der Waals surface area contributed by atoms with Gasteiger partial charge in [-0.15, -0.1) is 11.3 Å². The van der Waals surface area contributed by atoms with Crippen molar-refractivity contribution < 1.29 is 0 Å². The summed E-state index contributed by atoms with van der Waals surface area (Å²) >= 11 is 1.85. The van der Waals surface area contributed by atoms with Gasteiger partial charge in [-0.2, -0.15) is 0 Å². The second-order valence-electron chi connectivity index (χ2n) is 5.12. The Balaban J connectivity index is 1.65. The highest BCUT2D eigenvalue weighted by atomic mass is 32.1. The predicted molar refractivity (Wildman–Crippen MR) is 81.3 cm³/mol. The van der Waals surface area contributed by atoms with Crippen molar-refractivity contribution in [2.75, 3.05) is 13.1 Å². The van der Waals surface area contributed by atoms with Crippen molar-refractivity contribution >= 4 is 11.3 Å². The third-order valence-corrected chi connectivity index (χ3v) is 4.90. The Bertz CT molecular complexity index is 520. The van der Waals surface area contributed by atoms with Crippen molar-refractivity contribution in [2.45, 2.75) is 25.9 Å². The highest BCUT2D eigenvalue weighted by Crippen LogP contribution is 2.21. The Hall–Kier alpha value is -1.16. The van der Waals surface area contributed by atoms with Crippen molar-refractivity contribution in [1.82, 2.24) is 4.90 Å². The smallest absolute Gasteiger partial charge is 0.0328 e. The SMILES string of the molecule is NCc1ccc(CN2CCc3ccccc3CC2)s1. The van der Waals surface area contributed by atoms with Crippen LogP contribution in [0, 0.1) is 0 Å². The van der Waals surface area contributed by atoms with Gasteiger partial charge in [-0.25, -0.2) is 0 Å². The van der Waals surface area contributed by atoms with Crippen LogP contribution in [0.5, 0.6) is 0 Å². The van der Waals surface area contributed by atoms with Crippen LogP contribution in [-0.4, -0.2) is 18.0 Å². The molecule has 0 radical (unpaired) electrons. The zero-order valence-corrected chi connectivity index (χ0v) is 12.0. The van der Waals surface area contributed by atoms with Gasteiger partial charge in [0.2, 0.25) is 0 Å². The highest BCUT2D eigenvalue weighted by Gasteiger charge is 2.14. The Kier molecular flexibility index (Phi) is 3.97. The number of benzene rings is 1. The molecule has 1 aliphatic rings. The van der Waals surface area contributed by atoms with E-state index < -0.39 is 0 Å². The fourth-order valence-corrected chi connectivity index (χ4v) is 3.65. The molecule has 100 valence electrons. The van der Waals surface area contributed by atoms with Crippen LogP contribution in [-0.2, 0) is 25.9 Å². The van der Waals surface area contributed by atoms with Gasteiger partial charge in [0.15, 0.2) is 0 Å². The molecule has 2 heterocycles. The van der Waals surface area contributed by atoms with E-state index in [0.29, 0.717) is 6.54 Å². The largest absolute Gasteiger partial charge is 0.326 e. The van der Waals surface area contributed by atoms with Gasteiger partial charge < -0.3 is 5.73 Å². The lowest BCUT2D eigenvalue weighted by Crippen LogP contribution is -2.25. The van der Waals surface area contributed by atoms with E-state index in [2.05, 4.69) is 41.3 Å². The van der Waals surface area contributed by atoms with Crippen LogP contribution in [0.15, 0.2) is 36.4 Å². The van der Waals surface area contributed by atoms with E-state index in [1.165, 1.54) is 33.7 Å². The molecule has 0 saturated carbocycles. The van der Waals surface area contributed by atoms with Gasteiger partial charge in [0.1, 0.15) is 0 Å². The topological polar surface area (TPSA) is 29.3 Å². The van der Waals surface area contributed by atoms with Crippen molar-refractivity contribution in [1.29, 1.82) is 0 Å². The summed E-state index contributed by atoms with van der Waals surface area (Å²) in [4.78, 5) is 5.28. The van der Waals surface area contributed by atoms with Crippen LogP contribution in [0.3, 0.4) is 0 Å². The minimum Gasteiger partial charge on any atom is -0.326 e. The van der Waals surface area contributed by atoms with Crippen LogP contribution >= 0.6 is 11.3 Å². The zero-order chi connectivity index (χ0) is 13.1. The van der Waals surface area contributed by atoms with Crippen molar-refractivity contribution in [3.63, 3.8) is 0 Å². The van der Waals surface area contributed by atoms with Crippen LogP contribution in [0.25, 0.3) is 0 Å². The maximum absolute atomic E-state index is 5.68. The molecule has 2 nitrogen and oxygen atoms in total. The van der Waals surface area contributed by atoms with Gasteiger partial charge in [-0.05, 0) is 36.1 Å². The number of rotatable bonds is 3. The molecule has 0 amide bonds. The third kappa shape index (κ3) is 3.06. The quantitative estimate of drug-likeness (QED) is 0.931. The lowest BCUT2D eigenvalue weighted by molar-refractivity contribution is 0.282. The normalized spacial score (nSPS) is 16.1. The first kappa shape index (κ1) is 12.9. The molecule has 1 aliphatic heterocycles. The molecule has 3 heteroatoms. The summed E-state index contributed by atoms with van der Waals surface area (Å²) < 4.78 is 0. The van der Waals surface area contributed by atoms with Gasteiger partial charge in [-0.1, -0.05) is 24.3 Å². The molecule has 0 unspecified atom stereocenters. The molecule has 2 N–H and O–H groups in total. The molecule has 0 atom stereocenters. The summed E-state index contributed by atoms with van der Waals surface area (Å²) in [7, 11) is 0. The van der Waals surface area contributed by atoms with E-state index >= 15 is 0 Å². The number of nitrogens with two attached hydrogens (primary N) is 1. The summed E-state index contributed by atoms with van der Waals surface area (Å²) in [6, 6.07) is 13.2. The number of thiophene rings is 1. The number of nitrogens with zero attached hydrogens (tertiary/aromatic N) is 1. The van der Waals surface area contributed by atoms with Crippen LogP contribution in [0.4, 0.5) is 0 Å². The first-order valence-electron chi connectivity index (χ1n) is 6.92. The van der Waals surface area contributed by atoms with E-state index in [9.17, 15) is 0 Å². The zero-order valence-electron chi connectivity index (χ0n) is 11.1. The van der Waals surface area contributed by atoms with Gasteiger partial charge in [0, 0.05) is 35.9 Å². The lowest BCUT2D eigenvalue weighted by Gasteiger charge is -2.18. The average Bonchev–Trinajstić information content (AvgIpc) is 2.80. The number of hydrogen-bond donors (Lipinski definition) is 1. The molecule has 3 rings (SSSR count). The summed E-state index contributed by atoms with van der Waals surface area (Å²) in [5, 5.41) is 0. The second-order valence-corrected chi connectivity index (χ2v) is 6.37.